The number of aliphatic carboxylic acids is 1. The molecule has 1 fully saturated rings. The van der Waals surface area contributed by atoms with E-state index in [1.165, 1.54) is 4.90 Å². The molecule has 10 heteroatoms. The highest BCUT2D eigenvalue weighted by Crippen LogP contribution is 2.31. The first kappa shape index (κ1) is 27.5. The highest BCUT2D eigenvalue weighted by atomic mass is 16.6. The van der Waals surface area contributed by atoms with Crippen molar-refractivity contribution in [2.75, 3.05) is 13.2 Å². The number of amides is 3. The first-order valence-corrected chi connectivity index (χ1v) is 12.9. The fourth-order valence-corrected chi connectivity index (χ4v) is 5.11. The van der Waals surface area contributed by atoms with E-state index in [4.69, 9.17) is 9.47 Å². The number of nitrogens with one attached hydrogen (secondary N) is 1. The predicted octanol–water partition coefficient (Wildman–Crippen LogP) is 3.78. The summed E-state index contributed by atoms with van der Waals surface area (Å²) in [4.78, 5) is 54.3. The van der Waals surface area contributed by atoms with Crippen molar-refractivity contribution in [3.63, 3.8) is 0 Å². The zero-order valence-corrected chi connectivity index (χ0v) is 22.7. The second kappa shape index (κ2) is 10.3. The first-order chi connectivity index (χ1) is 17.7. The quantitative estimate of drug-likeness (QED) is 0.569. The molecule has 206 valence electrons. The van der Waals surface area contributed by atoms with Crippen LogP contribution in [0.25, 0.3) is 6.08 Å². The molecular weight excluding hydrogens is 490 g/mol. The highest BCUT2D eigenvalue weighted by molar-refractivity contribution is 5.90. The van der Waals surface area contributed by atoms with Gasteiger partial charge in [0.05, 0.1) is 19.7 Å². The number of hydrogen-bond acceptors (Lipinski definition) is 6. The van der Waals surface area contributed by atoms with Crippen molar-refractivity contribution in [3.8, 4) is 0 Å². The summed E-state index contributed by atoms with van der Waals surface area (Å²) < 4.78 is 11.2. The fraction of sp³-hybridized carbons (Fsp3) is 0.571. The Hall–Kier alpha value is -3.56. The highest BCUT2D eigenvalue weighted by Gasteiger charge is 2.46. The third-order valence-corrected chi connectivity index (χ3v) is 7.31. The maximum atomic E-state index is 13.6. The Balaban J connectivity index is 1.66. The number of alkyl carbamates (subject to hydrolysis) is 1. The van der Waals surface area contributed by atoms with Crippen molar-refractivity contribution in [2.24, 2.45) is 10.8 Å². The van der Waals surface area contributed by atoms with Gasteiger partial charge in [-0.25, -0.2) is 14.4 Å². The molecule has 3 atom stereocenters. The Morgan fingerprint density at radius 2 is 1.89 bits per heavy atom. The number of carbonyl (C=O) groups is 4. The summed E-state index contributed by atoms with van der Waals surface area (Å²) in [6.45, 7) is 10.1. The van der Waals surface area contributed by atoms with Gasteiger partial charge in [-0.3, -0.25) is 9.69 Å². The van der Waals surface area contributed by atoms with Gasteiger partial charge in [0.1, 0.15) is 18.2 Å². The molecule has 2 N–H and O–H groups in total. The third kappa shape index (κ3) is 5.95. The molecule has 0 spiro atoms. The van der Waals surface area contributed by atoms with E-state index in [9.17, 15) is 24.3 Å². The molecule has 1 saturated heterocycles. The molecular formula is C28H37N3O7. The molecule has 10 nitrogen and oxygen atoms in total. The number of hydrogen-bond donors (Lipinski definition) is 2. The normalized spacial score (nSPS) is 27.0. The van der Waals surface area contributed by atoms with Gasteiger partial charge in [-0.15, -0.1) is 0 Å². The van der Waals surface area contributed by atoms with E-state index < -0.39 is 47.7 Å². The van der Waals surface area contributed by atoms with Crippen molar-refractivity contribution >= 4 is 30.1 Å². The molecule has 4 rings (SSSR count). The number of rotatable bonds is 1. The molecule has 0 radical (unpaired) electrons. The maximum absolute atomic E-state index is 13.6. The Kier molecular flexibility index (Phi) is 7.45. The van der Waals surface area contributed by atoms with Crippen LogP contribution in [0.15, 0.2) is 24.3 Å². The van der Waals surface area contributed by atoms with Gasteiger partial charge < -0.3 is 24.8 Å². The van der Waals surface area contributed by atoms with Crippen molar-refractivity contribution in [1.29, 1.82) is 0 Å². The average molecular weight is 528 g/mol. The topological polar surface area (TPSA) is 125 Å². The number of carbonyl (C=O) groups excluding carboxylic acids is 3. The van der Waals surface area contributed by atoms with E-state index in [2.05, 4.69) is 5.32 Å². The van der Waals surface area contributed by atoms with Crippen LogP contribution < -0.4 is 5.32 Å². The van der Waals surface area contributed by atoms with Gasteiger partial charge in [-0.2, -0.15) is 0 Å². The summed E-state index contributed by atoms with van der Waals surface area (Å²) in [7, 11) is 0. The van der Waals surface area contributed by atoms with Gasteiger partial charge in [-0.1, -0.05) is 65.0 Å². The largest absolute Gasteiger partial charge is 0.480 e. The summed E-state index contributed by atoms with van der Waals surface area (Å²) in [6, 6.07) is 3.70. The number of nitrogens with zero attached hydrogens (tertiary/aromatic N) is 2. The number of allylic oxidation sites excluding steroid dienone is 1. The lowest BCUT2D eigenvalue weighted by atomic mass is 9.85. The summed E-state index contributed by atoms with van der Waals surface area (Å²) in [5.74, 6) is -1.75. The van der Waals surface area contributed by atoms with E-state index >= 15 is 0 Å². The van der Waals surface area contributed by atoms with Gasteiger partial charge in [-0.05, 0) is 28.5 Å². The SMILES string of the molecule is CC1(C)C/C=C\c2cccc3c2CN(C3)C(=O)O[C@@H]2C[C@@H](C(=O)O)N(C2)C(=O)[C@H](C(C)(C)C)NC(=O)OC1. The first-order valence-electron chi connectivity index (χ1n) is 12.9. The number of ether oxygens (including phenoxy) is 2. The number of cyclic esters (lactones) is 1. The van der Waals surface area contributed by atoms with E-state index in [-0.39, 0.29) is 25.0 Å². The van der Waals surface area contributed by atoms with Crippen LogP contribution >= 0.6 is 0 Å². The molecule has 0 unspecified atom stereocenters. The van der Waals surface area contributed by atoms with Crippen LogP contribution in [0.2, 0.25) is 0 Å². The van der Waals surface area contributed by atoms with Crippen molar-refractivity contribution in [3.05, 3.63) is 41.0 Å². The smallest absolute Gasteiger partial charge is 0.410 e. The second-order valence-corrected chi connectivity index (χ2v) is 12.2. The number of carboxylic acids is 1. The fourth-order valence-electron chi connectivity index (χ4n) is 5.11. The molecule has 0 saturated carbocycles. The Morgan fingerprint density at radius 1 is 1.16 bits per heavy atom. The summed E-state index contributed by atoms with van der Waals surface area (Å²) in [5.41, 5.74) is 1.96. The Bertz CT molecular complexity index is 1150. The van der Waals surface area contributed by atoms with Gasteiger partial charge >= 0.3 is 18.2 Å². The molecule has 3 aliphatic heterocycles. The van der Waals surface area contributed by atoms with Gasteiger partial charge in [0, 0.05) is 18.4 Å². The summed E-state index contributed by atoms with van der Waals surface area (Å²) in [5, 5.41) is 12.5. The van der Waals surface area contributed by atoms with Gasteiger partial charge in [0.15, 0.2) is 0 Å². The van der Waals surface area contributed by atoms with Crippen LogP contribution in [0, 0.1) is 10.8 Å². The molecule has 0 aliphatic carbocycles. The lowest BCUT2D eigenvalue weighted by molar-refractivity contribution is -0.150. The molecule has 1 aromatic rings. The molecule has 3 heterocycles. The number of fused-ring (bicyclic) bond motifs is 3. The number of carboxylic acid groups (broad SMARTS) is 1. The minimum atomic E-state index is -1.19. The van der Waals surface area contributed by atoms with Crippen molar-refractivity contribution < 1.29 is 33.8 Å². The molecule has 3 aliphatic rings. The average Bonchev–Trinajstić information content (AvgIpc) is 3.45. The van der Waals surface area contributed by atoms with E-state index in [1.807, 2.05) is 44.2 Å². The minimum absolute atomic E-state index is 0.0307. The van der Waals surface area contributed by atoms with Gasteiger partial charge in [0.2, 0.25) is 5.91 Å². The van der Waals surface area contributed by atoms with Crippen LogP contribution in [-0.4, -0.2) is 70.3 Å². The van der Waals surface area contributed by atoms with Crippen LogP contribution in [0.5, 0.6) is 0 Å². The maximum Gasteiger partial charge on any atom is 0.410 e. The van der Waals surface area contributed by atoms with Crippen molar-refractivity contribution in [1.82, 2.24) is 15.1 Å². The zero-order chi connectivity index (χ0) is 27.8. The predicted molar refractivity (Wildman–Crippen MR) is 139 cm³/mol. The zero-order valence-electron chi connectivity index (χ0n) is 22.7. The Morgan fingerprint density at radius 3 is 2.58 bits per heavy atom. The molecule has 4 bridgehead atoms. The molecule has 0 aromatic heterocycles. The van der Waals surface area contributed by atoms with Crippen LogP contribution in [0.4, 0.5) is 9.59 Å². The standard InChI is InChI=1S/C28H37N3O7/c1-27(2,3)22-23(32)31-14-19(12-21(31)24(33)34)38-26(36)30-13-18-9-6-8-17(20(18)15-30)10-7-11-28(4,5)16-37-25(35)29-22/h6-10,19,21-22H,11-16H2,1-5H3,(H,29,35)(H,33,34)/b10-7-/t19-,21+,22-/m1/s1. The monoisotopic (exact) mass is 527 g/mol. The van der Waals surface area contributed by atoms with Gasteiger partial charge in [0.25, 0.3) is 0 Å². The van der Waals surface area contributed by atoms with Crippen molar-refractivity contribution in [2.45, 2.75) is 78.7 Å². The summed E-state index contributed by atoms with van der Waals surface area (Å²) in [6.07, 6.45) is 2.57. The van der Waals surface area contributed by atoms with E-state index in [1.54, 1.807) is 25.7 Å². The van der Waals surface area contributed by atoms with Crippen LogP contribution in [0.1, 0.15) is 64.2 Å². The van der Waals surface area contributed by atoms with Crippen LogP contribution in [-0.2, 0) is 32.2 Å². The number of benzene rings is 1. The molecule has 1 aromatic carbocycles. The molecule has 3 amide bonds. The Labute approximate surface area is 222 Å². The minimum Gasteiger partial charge on any atom is -0.480 e. The lowest BCUT2D eigenvalue weighted by Gasteiger charge is -2.34. The van der Waals surface area contributed by atoms with Crippen LogP contribution in [0.3, 0.4) is 0 Å². The van der Waals surface area contributed by atoms with E-state index in [0.717, 1.165) is 16.7 Å². The summed E-state index contributed by atoms with van der Waals surface area (Å²) >= 11 is 0. The molecule has 38 heavy (non-hydrogen) atoms. The lowest BCUT2D eigenvalue weighted by Crippen LogP contribution is -2.57. The second-order valence-electron chi connectivity index (χ2n) is 12.2. The third-order valence-electron chi connectivity index (χ3n) is 7.31. The van der Waals surface area contributed by atoms with E-state index in [0.29, 0.717) is 19.5 Å².